The summed E-state index contributed by atoms with van der Waals surface area (Å²) in [5.41, 5.74) is 9.70. The predicted octanol–water partition coefficient (Wildman–Crippen LogP) is 13.9. The molecule has 0 aliphatic carbocycles. The van der Waals surface area contributed by atoms with Crippen molar-refractivity contribution in [1.82, 2.24) is 10.6 Å². The molecule has 12 rings (SSSR count). The van der Waals surface area contributed by atoms with Crippen molar-refractivity contribution in [2.75, 3.05) is 0 Å². The van der Waals surface area contributed by atoms with Gasteiger partial charge in [0.25, 0.3) is 0 Å². The number of benzene rings is 10. The average Bonchev–Trinajstić information content (AvgIpc) is 3.69. The zero-order valence-electron chi connectivity index (χ0n) is 32.1. The second-order valence-corrected chi connectivity index (χ2v) is 15.6. The van der Waals surface area contributed by atoms with Crippen LogP contribution in [0.3, 0.4) is 0 Å². The molecule has 0 radical (unpaired) electrons. The van der Waals surface area contributed by atoms with Gasteiger partial charge in [-0.15, -0.1) is 0 Å². The second kappa shape index (κ2) is 13.6. The van der Waals surface area contributed by atoms with E-state index in [0.717, 1.165) is 55.6 Å². The molecule has 278 valence electrons. The number of hydrogen-bond donors (Lipinski definition) is 2. The zero-order chi connectivity index (χ0) is 38.9. The molecule has 0 bridgehead atoms. The predicted molar refractivity (Wildman–Crippen MR) is 246 cm³/mol. The van der Waals surface area contributed by atoms with Crippen LogP contribution in [0.25, 0.3) is 87.3 Å². The Morgan fingerprint density at radius 3 is 1.80 bits per heavy atom. The van der Waals surface area contributed by atoms with E-state index in [1.807, 2.05) is 0 Å². The van der Waals surface area contributed by atoms with Crippen molar-refractivity contribution in [2.24, 2.45) is 4.99 Å². The third kappa shape index (κ3) is 5.76. The van der Waals surface area contributed by atoms with Crippen LogP contribution in [0.1, 0.15) is 29.0 Å². The lowest BCUT2D eigenvalue weighted by atomic mass is 9.94. The number of fused-ring (bicyclic) bond motifs is 8. The van der Waals surface area contributed by atoms with Gasteiger partial charge < -0.3 is 9.73 Å². The largest absolute Gasteiger partial charge is 0.456 e. The van der Waals surface area contributed by atoms with Crippen LogP contribution in [-0.2, 0) is 0 Å². The van der Waals surface area contributed by atoms with Gasteiger partial charge in [0.15, 0.2) is 0 Å². The van der Waals surface area contributed by atoms with Gasteiger partial charge in [-0.25, -0.2) is 4.99 Å². The normalized spacial score (nSPS) is 15.6. The Hall–Kier alpha value is -7.53. The summed E-state index contributed by atoms with van der Waals surface area (Å²) < 4.78 is 6.54. The van der Waals surface area contributed by atoms with E-state index in [0.29, 0.717) is 0 Å². The van der Waals surface area contributed by atoms with Crippen LogP contribution in [0, 0.1) is 0 Å². The first-order valence-corrected chi connectivity index (χ1v) is 20.2. The van der Waals surface area contributed by atoms with Crippen LogP contribution in [-0.4, -0.2) is 5.84 Å². The highest BCUT2D eigenvalue weighted by atomic mass is 16.3. The maximum atomic E-state index is 6.54. The van der Waals surface area contributed by atoms with E-state index in [1.54, 1.807) is 0 Å². The fraction of sp³-hybridized carbons (Fsp3) is 0.0364. The number of aliphatic imine (C=N–C) groups is 1. The zero-order valence-corrected chi connectivity index (χ0v) is 32.1. The van der Waals surface area contributed by atoms with Crippen molar-refractivity contribution in [3.8, 4) is 22.3 Å². The number of nitrogens with one attached hydrogen (secondary N) is 2. The number of amidine groups is 1. The lowest BCUT2D eigenvalue weighted by molar-refractivity contribution is 0.411. The highest BCUT2D eigenvalue weighted by Gasteiger charge is 2.27. The Balaban J connectivity index is 0.932. The molecule has 1 aromatic heterocycles. The molecule has 0 saturated carbocycles. The van der Waals surface area contributed by atoms with Crippen LogP contribution in [0.15, 0.2) is 210 Å². The van der Waals surface area contributed by atoms with Gasteiger partial charge in [0, 0.05) is 16.3 Å². The maximum absolute atomic E-state index is 6.54. The Morgan fingerprint density at radius 1 is 0.407 bits per heavy atom. The molecule has 2 atom stereocenters. The third-order valence-electron chi connectivity index (χ3n) is 12.1. The summed E-state index contributed by atoms with van der Waals surface area (Å²) in [7, 11) is 0. The summed E-state index contributed by atoms with van der Waals surface area (Å²) in [4.78, 5) is 5.36. The summed E-state index contributed by atoms with van der Waals surface area (Å²) in [5.74, 6) is 0.864. The first-order valence-electron chi connectivity index (χ1n) is 20.2. The molecule has 2 N–H and O–H groups in total. The average molecular weight is 756 g/mol. The fourth-order valence-corrected chi connectivity index (χ4v) is 9.15. The molecule has 2 unspecified atom stereocenters. The maximum Gasteiger partial charge on any atom is 0.136 e. The van der Waals surface area contributed by atoms with Crippen molar-refractivity contribution in [1.29, 1.82) is 0 Å². The van der Waals surface area contributed by atoms with Crippen LogP contribution < -0.4 is 10.6 Å². The Kier molecular flexibility index (Phi) is 7.72. The fourth-order valence-electron chi connectivity index (χ4n) is 9.15. The van der Waals surface area contributed by atoms with Crippen LogP contribution in [0.4, 0.5) is 0 Å². The van der Waals surface area contributed by atoms with Crippen molar-refractivity contribution in [3.63, 3.8) is 0 Å². The Bertz CT molecular complexity index is 3470. The van der Waals surface area contributed by atoms with Gasteiger partial charge in [-0.05, 0) is 113 Å². The van der Waals surface area contributed by atoms with Crippen LogP contribution in [0.2, 0.25) is 0 Å². The summed E-state index contributed by atoms with van der Waals surface area (Å²) >= 11 is 0. The molecule has 11 aromatic rings. The quantitative estimate of drug-likeness (QED) is 0.172. The van der Waals surface area contributed by atoms with E-state index in [4.69, 9.17) is 9.41 Å². The number of hydrogen-bond acceptors (Lipinski definition) is 4. The molecule has 1 aliphatic rings. The highest BCUT2D eigenvalue weighted by Crippen LogP contribution is 2.40. The lowest BCUT2D eigenvalue weighted by Gasteiger charge is -2.33. The molecule has 59 heavy (non-hydrogen) atoms. The van der Waals surface area contributed by atoms with Gasteiger partial charge in [-0.2, -0.15) is 0 Å². The minimum absolute atomic E-state index is 0.196. The molecule has 4 heteroatoms. The molecular formula is C55H37N3O. The summed E-state index contributed by atoms with van der Waals surface area (Å²) in [6.45, 7) is 0. The van der Waals surface area contributed by atoms with Gasteiger partial charge in [0.1, 0.15) is 29.3 Å². The Morgan fingerprint density at radius 2 is 1.02 bits per heavy atom. The summed E-state index contributed by atoms with van der Waals surface area (Å²) in [6.07, 6.45) is -0.486. The summed E-state index contributed by atoms with van der Waals surface area (Å²) in [5, 5.41) is 19.8. The van der Waals surface area contributed by atoms with E-state index in [9.17, 15) is 0 Å². The molecule has 0 saturated heterocycles. The van der Waals surface area contributed by atoms with E-state index in [1.165, 1.54) is 54.2 Å². The number of furan rings is 1. The molecule has 4 nitrogen and oxygen atoms in total. The van der Waals surface area contributed by atoms with Crippen LogP contribution >= 0.6 is 0 Å². The minimum Gasteiger partial charge on any atom is -0.456 e. The summed E-state index contributed by atoms with van der Waals surface area (Å²) in [6, 6.07) is 71.8. The van der Waals surface area contributed by atoms with Crippen LogP contribution in [0.5, 0.6) is 0 Å². The Labute approximate surface area is 341 Å². The molecule has 0 spiro atoms. The first kappa shape index (κ1) is 33.6. The number of nitrogens with zero attached hydrogens (tertiary/aromatic N) is 1. The molecule has 2 heterocycles. The SMILES string of the molecule is c1ccc2cc(C3=NC(c4ccc(-c5cccc6oc7cc(-c8ccc9ccccc9c8)ccc7c56)cc4)NC(c4cc5ccccc5c5ccccc45)N3)ccc2c1. The number of rotatable bonds is 5. The van der Waals surface area contributed by atoms with E-state index in [-0.39, 0.29) is 12.3 Å². The van der Waals surface area contributed by atoms with Crippen molar-refractivity contribution >= 4 is 70.9 Å². The first-order chi connectivity index (χ1) is 29.2. The van der Waals surface area contributed by atoms with Crippen molar-refractivity contribution in [2.45, 2.75) is 12.3 Å². The minimum atomic E-state index is -0.291. The molecule has 0 fully saturated rings. The molecule has 10 aromatic carbocycles. The van der Waals surface area contributed by atoms with E-state index < -0.39 is 0 Å². The van der Waals surface area contributed by atoms with E-state index >= 15 is 0 Å². The topological polar surface area (TPSA) is 49.6 Å². The monoisotopic (exact) mass is 755 g/mol. The standard InChI is InChI=1S/C55H37N3O/c1-3-12-38-30-40(26-20-34(38)10-1)41-28-29-48-51(33-41)59-50-19-9-18-45(52(48)50)36-22-24-37(25-23-36)53-56-54(43-27-21-35-11-2-4-13-39(35)31-43)58-55(57-53)49-32-42-14-5-6-15-44(42)46-16-7-8-17-47(46)49/h1-33,53,55,57H,(H,56,58). The van der Waals surface area contributed by atoms with Gasteiger partial charge in [0.05, 0.1) is 0 Å². The lowest BCUT2D eigenvalue weighted by Crippen LogP contribution is -2.45. The highest BCUT2D eigenvalue weighted by molar-refractivity contribution is 6.13. The third-order valence-corrected chi connectivity index (χ3v) is 12.1. The second-order valence-electron chi connectivity index (χ2n) is 15.6. The smallest absolute Gasteiger partial charge is 0.136 e. The van der Waals surface area contributed by atoms with E-state index in [2.05, 4.69) is 211 Å². The van der Waals surface area contributed by atoms with Gasteiger partial charge in [-0.3, -0.25) is 5.32 Å². The molecule has 0 amide bonds. The molecular weight excluding hydrogens is 719 g/mol. The van der Waals surface area contributed by atoms with Gasteiger partial charge in [-0.1, -0.05) is 164 Å². The van der Waals surface area contributed by atoms with Crippen molar-refractivity contribution in [3.05, 3.63) is 217 Å². The van der Waals surface area contributed by atoms with Gasteiger partial charge in [0.2, 0.25) is 0 Å². The molecule has 1 aliphatic heterocycles. The van der Waals surface area contributed by atoms with Gasteiger partial charge >= 0.3 is 0 Å². The van der Waals surface area contributed by atoms with Crippen molar-refractivity contribution < 1.29 is 4.42 Å².